The summed E-state index contributed by atoms with van der Waals surface area (Å²) in [6, 6.07) is 2.69. The van der Waals surface area contributed by atoms with Crippen molar-refractivity contribution in [1.82, 2.24) is 4.37 Å². The molecule has 1 atom stereocenters. The lowest BCUT2D eigenvalue weighted by molar-refractivity contribution is -0.136. The number of halogens is 3. The lowest BCUT2D eigenvalue weighted by Crippen LogP contribution is -2.06. The third-order valence-electron chi connectivity index (χ3n) is 4.51. The number of aliphatic carboxylic acids is 1. The Labute approximate surface area is 173 Å². The first-order chi connectivity index (χ1) is 13.4. The highest BCUT2D eigenvalue weighted by Crippen LogP contribution is 2.35. The van der Waals surface area contributed by atoms with E-state index in [0.29, 0.717) is 5.92 Å². The average Bonchev–Trinajstić information content (AvgIpc) is 3.13. The first kappa shape index (κ1) is 20.7. The summed E-state index contributed by atoms with van der Waals surface area (Å²) in [6.07, 6.45) is 4.48. The van der Waals surface area contributed by atoms with Crippen LogP contribution in [0.3, 0.4) is 0 Å². The van der Waals surface area contributed by atoms with E-state index in [4.69, 9.17) is 9.84 Å². The molecule has 1 N–H and O–H groups in total. The zero-order valence-corrected chi connectivity index (χ0v) is 17.4. The maximum atomic E-state index is 14.3. The molecule has 0 amide bonds. The van der Waals surface area contributed by atoms with Crippen molar-refractivity contribution in [2.24, 2.45) is 5.92 Å². The molecule has 0 spiro atoms. The van der Waals surface area contributed by atoms with E-state index in [1.165, 1.54) is 23.7 Å². The molecule has 0 saturated heterocycles. The minimum atomic E-state index is -1.11. The van der Waals surface area contributed by atoms with Gasteiger partial charge in [-0.2, -0.15) is 8.76 Å². The molecule has 148 valence electrons. The van der Waals surface area contributed by atoms with Crippen LogP contribution in [0.5, 0.6) is 5.75 Å². The fourth-order valence-electron chi connectivity index (χ4n) is 2.91. The molecule has 2 aromatic rings. The Bertz CT molecular complexity index is 955. The normalized spacial score (nSPS) is 16.5. The third-order valence-corrected chi connectivity index (χ3v) is 6.23. The van der Waals surface area contributed by atoms with Crippen molar-refractivity contribution >= 4 is 39.0 Å². The largest absolute Gasteiger partial charge is 0.486 e. The van der Waals surface area contributed by atoms with Crippen LogP contribution in [-0.4, -0.2) is 15.4 Å². The third kappa shape index (κ3) is 4.67. The summed E-state index contributed by atoms with van der Waals surface area (Å²) in [5.41, 5.74) is 2.71. The summed E-state index contributed by atoms with van der Waals surface area (Å²) in [5, 5.41) is 10.5. The molecule has 1 aliphatic rings. The van der Waals surface area contributed by atoms with Crippen LogP contribution in [0.2, 0.25) is 0 Å². The number of ether oxygens (including phenoxy) is 1. The molecule has 1 heterocycles. The van der Waals surface area contributed by atoms with Gasteiger partial charge in [-0.3, -0.25) is 4.79 Å². The number of carboxylic acids is 1. The molecule has 28 heavy (non-hydrogen) atoms. The Morgan fingerprint density at radius 3 is 2.82 bits per heavy atom. The van der Waals surface area contributed by atoms with Crippen LogP contribution in [0.1, 0.15) is 36.6 Å². The molecule has 1 aromatic carbocycles. The minimum Gasteiger partial charge on any atom is -0.486 e. The van der Waals surface area contributed by atoms with Crippen molar-refractivity contribution in [1.29, 1.82) is 0 Å². The van der Waals surface area contributed by atoms with Gasteiger partial charge in [-0.15, -0.1) is 0 Å². The van der Waals surface area contributed by atoms with Crippen molar-refractivity contribution in [3.8, 4) is 5.75 Å². The first-order valence-corrected chi connectivity index (χ1v) is 10.3. The van der Waals surface area contributed by atoms with Gasteiger partial charge in [-0.1, -0.05) is 41.1 Å². The molecule has 3 rings (SSSR count). The second-order valence-electron chi connectivity index (χ2n) is 6.57. The van der Waals surface area contributed by atoms with E-state index in [9.17, 15) is 13.6 Å². The highest BCUT2D eigenvalue weighted by atomic mass is 79.9. The van der Waals surface area contributed by atoms with Crippen LogP contribution in [0.25, 0.3) is 5.57 Å². The van der Waals surface area contributed by atoms with Gasteiger partial charge < -0.3 is 9.84 Å². The van der Waals surface area contributed by atoms with Crippen molar-refractivity contribution in [3.05, 3.63) is 62.6 Å². The average molecular weight is 470 g/mol. The van der Waals surface area contributed by atoms with Crippen LogP contribution >= 0.6 is 27.5 Å². The number of benzene rings is 1. The number of aromatic nitrogens is 1. The lowest BCUT2D eigenvalue weighted by Gasteiger charge is -2.18. The summed E-state index contributed by atoms with van der Waals surface area (Å²) < 4.78 is 39.5. The SMILES string of the molecule is CC1CC(c2nscc2COc2ccc(CCC(=O)O)c(F)c2F)=CC=C1Br. The van der Waals surface area contributed by atoms with Crippen LogP contribution in [0.15, 0.2) is 34.1 Å². The van der Waals surface area contributed by atoms with Gasteiger partial charge in [0.2, 0.25) is 5.82 Å². The molecular weight excluding hydrogens is 452 g/mol. The van der Waals surface area contributed by atoms with Gasteiger partial charge in [0.05, 0.1) is 5.69 Å². The lowest BCUT2D eigenvalue weighted by atomic mass is 9.92. The molecule has 0 radical (unpaired) electrons. The maximum absolute atomic E-state index is 14.3. The van der Waals surface area contributed by atoms with Crippen LogP contribution in [0, 0.1) is 17.6 Å². The number of hydrogen-bond donors (Lipinski definition) is 1. The summed E-state index contributed by atoms with van der Waals surface area (Å²) in [7, 11) is 0. The number of rotatable bonds is 7. The van der Waals surface area contributed by atoms with Crippen molar-refractivity contribution in [2.45, 2.75) is 32.8 Å². The van der Waals surface area contributed by atoms with Crippen LogP contribution < -0.4 is 4.74 Å². The minimum absolute atomic E-state index is 0.0175. The van der Waals surface area contributed by atoms with E-state index in [0.717, 1.165) is 27.7 Å². The number of allylic oxidation sites excluding steroid dienone is 4. The highest BCUT2D eigenvalue weighted by molar-refractivity contribution is 9.11. The Hall–Kier alpha value is -2.06. The number of hydrogen-bond acceptors (Lipinski definition) is 4. The number of carbonyl (C=O) groups is 1. The van der Waals surface area contributed by atoms with E-state index < -0.39 is 17.6 Å². The molecule has 0 bridgehead atoms. The Balaban J connectivity index is 1.73. The zero-order chi connectivity index (χ0) is 20.3. The van der Waals surface area contributed by atoms with Gasteiger partial charge in [-0.25, -0.2) is 4.39 Å². The summed E-state index contributed by atoms with van der Waals surface area (Å²) in [6.45, 7) is 2.17. The second-order valence-corrected chi connectivity index (χ2v) is 8.11. The number of nitrogens with zero attached hydrogens (tertiary/aromatic N) is 1. The number of carboxylic acid groups (broad SMARTS) is 1. The van der Waals surface area contributed by atoms with Gasteiger partial charge in [0.15, 0.2) is 11.6 Å². The highest BCUT2D eigenvalue weighted by Gasteiger charge is 2.20. The Kier molecular flexibility index (Phi) is 6.61. The Morgan fingerprint density at radius 2 is 2.11 bits per heavy atom. The predicted octanol–water partition coefficient (Wildman–Crippen LogP) is 5.72. The monoisotopic (exact) mass is 469 g/mol. The molecule has 8 heteroatoms. The molecule has 0 aliphatic heterocycles. The molecular formula is C20H18BrF2NO3S. The second kappa shape index (κ2) is 8.96. The van der Waals surface area contributed by atoms with Crippen molar-refractivity contribution < 1.29 is 23.4 Å². The van der Waals surface area contributed by atoms with Crippen molar-refractivity contribution in [3.63, 3.8) is 0 Å². The topological polar surface area (TPSA) is 59.4 Å². The quantitative estimate of drug-likeness (QED) is 0.563. The van der Waals surface area contributed by atoms with E-state index in [-0.39, 0.29) is 30.8 Å². The summed E-state index contributed by atoms with van der Waals surface area (Å²) >= 11 is 4.82. The standard InChI is InChI=1S/C20H18BrF2NO3S/c1-11-8-13(2-5-15(11)21)20-14(10-28-24-20)9-27-16-6-3-12(4-7-17(25)26)18(22)19(16)23/h2-3,5-6,10-11H,4,7-9H2,1H3,(H,25,26). The first-order valence-electron chi connectivity index (χ1n) is 8.68. The van der Waals surface area contributed by atoms with Gasteiger partial charge in [0, 0.05) is 17.4 Å². The summed E-state index contributed by atoms with van der Waals surface area (Å²) in [4.78, 5) is 10.6. The fourth-order valence-corrected chi connectivity index (χ4v) is 3.91. The van der Waals surface area contributed by atoms with Gasteiger partial charge in [0.25, 0.3) is 0 Å². The molecule has 1 unspecified atom stereocenters. The predicted molar refractivity (Wildman–Crippen MR) is 108 cm³/mol. The van der Waals surface area contributed by atoms with Crippen LogP contribution in [0.4, 0.5) is 8.78 Å². The number of aryl methyl sites for hydroxylation is 1. The molecule has 4 nitrogen and oxygen atoms in total. The van der Waals surface area contributed by atoms with Gasteiger partial charge >= 0.3 is 5.97 Å². The summed E-state index contributed by atoms with van der Waals surface area (Å²) in [5.74, 6) is -3.10. The fraction of sp³-hybridized carbons (Fsp3) is 0.300. The molecule has 1 aromatic heterocycles. The van der Waals surface area contributed by atoms with Gasteiger partial charge in [-0.05, 0) is 52.0 Å². The van der Waals surface area contributed by atoms with E-state index in [1.54, 1.807) is 0 Å². The molecule has 1 aliphatic carbocycles. The zero-order valence-electron chi connectivity index (χ0n) is 15.0. The van der Waals surface area contributed by atoms with Crippen molar-refractivity contribution in [2.75, 3.05) is 0 Å². The smallest absolute Gasteiger partial charge is 0.303 e. The van der Waals surface area contributed by atoms with E-state index >= 15 is 0 Å². The maximum Gasteiger partial charge on any atom is 0.303 e. The van der Waals surface area contributed by atoms with Crippen LogP contribution in [-0.2, 0) is 17.8 Å². The van der Waals surface area contributed by atoms with Gasteiger partial charge in [0.1, 0.15) is 6.61 Å². The molecule has 0 fully saturated rings. The Morgan fingerprint density at radius 1 is 1.32 bits per heavy atom. The van der Waals surface area contributed by atoms with E-state index in [2.05, 4.69) is 27.2 Å². The van der Waals surface area contributed by atoms with E-state index in [1.807, 2.05) is 17.5 Å². The molecule has 0 saturated carbocycles.